The number of carboxylic acids is 1. The van der Waals surface area contributed by atoms with Crippen LogP contribution in [0.15, 0.2) is 60.3 Å². The molecule has 1 heterocycles. The van der Waals surface area contributed by atoms with E-state index in [1.807, 2.05) is 5.32 Å². The van der Waals surface area contributed by atoms with Gasteiger partial charge in [-0.15, -0.1) is 11.3 Å². The smallest absolute Gasteiger partial charge is 0.416 e. The maximum atomic E-state index is 13.0. The first kappa shape index (κ1) is 25.3. The largest absolute Gasteiger partial charge is 0.477 e. The highest BCUT2D eigenvalue weighted by molar-refractivity contribution is 7.16. The van der Waals surface area contributed by atoms with E-state index < -0.39 is 46.6 Å². The fourth-order valence-corrected chi connectivity index (χ4v) is 4.09. The van der Waals surface area contributed by atoms with Crippen LogP contribution in [-0.2, 0) is 17.1 Å². The van der Waals surface area contributed by atoms with Crippen molar-refractivity contribution in [2.75, 3.05) is 0 Å². The normalized spacial score (nSPS) is 12.5. The Morgan fingerprint density at radius 2 is 1.50 bits per heavy atom. The van der Waals surface area contributed by atoms with Gasteiger partial charge >= 0.3 is 18.3 Å². The van der Waals surface area contributed by atoms with Gasteiger partial charge in [0, 0.05) is 25.9 Å². The lowest BCUT2D eigenvalue weighted by Crippen LogP contribution is -2.28. The molecular weight excluding hydrogens is 508 g/mol. The molecule has 1 amide bonds. The molecule has 0 aliphatic carbocycles. The van der Waals surface area contributed by atoms with E-state index in [1.54, 1.807) is 30.3 Å². The highest BCUT2D eigenvalue weighted by Crippen LogP contribution is 2.37. The first-order chi connectivity index (χ1) is 15.8. The van der Waals surface area contributed by atoms with E-state index in [0.29, 0.717) is 20.3 Å². The Kier molecular flexibility index (Phi) is 7.08. The van der Waals surface area contributed by atoms with Crippen LogP contribution in [0.1, 0.15) is 26.4 Å². The molecule has 0 aliphatic heterocycles. The molecule has 0 aliphatic rings. The monoisotopic (exact) mass is 519 g/mol. The minimum atomic E-state index is -5.16. The maximum Gasteiger partial charge on any atom is 0.416 e. The number of aliphatic carboxylic acids is 1. The molecule has 0 atom stereocenters. The first-order valence-corrected chi connectivity index (χ1v) is 10.4. The van der Waals surface area contributed by atoms with Crippen LogP contribution in [0.4, 0.5) is 26.3 Å². The molecule has 0 saturated carbocycles. The summed E-state index contributed by atoms with van der Waals surface area (Å²) in [6.07, 6.45) is -9.29. The van der Waals surface area contributed by atoms with Crippen molar-refractivity contribution < 1.29 is 41.0 Å². The molecule has 34 heavy (non-hydrogen) atoms. The SMILES string of the molecule is O=C(O)C(=Cc1ccc(-c2ccccc2Cl)s1)NC(=O)c1cc(C(F)(F)F)cc(C(F)(F)F)c1. The van der Waals surface area contributed by atoms with Gasteiger partial charge in [0.15, 0.2) is 0 Å². The third-order valence-corrected chi connectivity index (χ3v) is 5.78. The quantitative estimate of drug-likeness (QED) is 0.283. The van der Waals surface area contributed by atoms with E-state index in [-0.39, 0.29) is 18.2 Å². The molecule has 3 aromatic rings. The van der Waals surface area contributed by atoms with Crippen LogP contribution in [0.3, 0.4) is 0 Å². The van der Waals surface area contributed by atoms with E-state index in [9.17, 15) is 41.0 Å². The van der Waals surface area contributed by atoms with E-state index in [2.05, 4.69) is 0 Å². The van der Waals surface area contributed by atoms with Gasteiger partial charge in [-0.2, -0.15) is 26.3 Å². The molecule has 2 N–H and O–H groups in total. The molecule has 0 unspecified atom stereocenters. The summed E-state index contributed by atoms with van der Waals surface area (Å²) in [5.41, 5.74) is -4.48. The Labute approximate surface area is 197 Å². The van der Waals surface area contributed by atoms with Gasteiger partial charge in [-0.25, -0.2) is 4.79 Å². The number of rotatable bonds is 5. The van der Waals surface area contributed by atoms with Crippen LogP contribution >= 0.6 is 22.9 Å². The van der Waals surface area contributed by atoms with Crippen molar-refractivity contribution in [2.24, 2.45) is 0 Å². The molecule has 0 spiro atoms. The summed E-state index contributed by atoms with van der Waals surface area (Å²) in [5.74, 6) is -3.10. The van der Waals surface area contributed by atoms with E-state index in [4.69, 9.17) is 11.6 Å². The third-order valence-electron chi connectivity index (χ3n) is 4.38. The summed E-state index contributed by atoms with van der Waals surface area (Å²) in [7, 11) is 0. The van der Waals surface area contributed by atoms with Crippen LogP contribution in [0.25, 0.3) is 16.5 Å². The second kappa shape index (κ2) is 9.51. The van der Waals surface area contributed by atoms with Crippen molar-refractivity contribution in [3.05, 3.63) is 86.9 Å². The maximum absolute atomic E-state index is 13.0. The Balaban J connectivity index is 1.94. The van der Waals surface area contributed by atoms with Gasteiger partial charge < -0.3 is 10.4 Å². The summed E-state index contributed by atoms with van der Waals surface area (Å²) in [5, 5.41) is 11.7. The summed E-state index contributed by atoms with van der Waals surface area (Å²) in [6.45, 7) is 0. The van der Waals surface area contributed by atoms with Crippen molar-refractivity contribution in [2.45, 2.75) is 12.4 Å². The Bertz CT molecular complexity index is 1250. The lowest BCUT2D eigenvalue weighted by atomic mass is 10.0. The topological polar surface area (TPSA) is 66.4 Å². The third kappa shape index (κ3) is 5.97. The number of amides is 1. The predicted octanol–water partition coefficient (Wildman–Crippen LogP) is 6.96. The second-order valence-electron chi connectivity index (χ2n) is 6.79. The van der Waals surface area contributed by atoms with E-state index >= 15 is 0 Å². The van der Waals surface area contributed by atoms with Crippen molar-refractivity contribution in [1.29, 1.82) is 0 Å². The number of carbonyl (C=O) groups excluding carboxylic acids is 1. The fourth-order valence-electron chi connectivity index (χ4n) is 2.81. The number of alkyl halides is 6. The molecule has 0 fully saturated rings. The molecule has 0 bridgehead atoms. The zero-order chi connectivity index (χ0) is 25.3. The van der Waals surface area contributed by atoms with Crippen LogP contribution in [0.5, 0.6) is 0 Å². The lowest BCUT2D eigenvalue weighted by Gasteiger charge is -2.14. The van der Waals surface area contributed by atoms with Crippen molar-refractivity contribution in [3.63, 3.8) is 0 Å². The highest BCUT2D eigenvalue weighted by Gasteiger charge is 2.37. The molecule has 4 nitrogen and oxygen atoms in total. The Morgan fingerprint density at radius 1 is 0.912 bits per heavy atom. The van der Waals surface area contributed by atoms with Gasteiger partial charge in [-0.3, -0.25) is 4.79 Å². The highest BCUT2D eigenvalue weighted by atomic mass is 35.5. The van der Waals surface area contributed by atoms with Crippen LogP contribution in [0, 0.1) is 0 Å². The average Bonchev–Trinajstić information content (AvgIpc) is 3.20. The second-order valence-corrected chi connectivity index (χ2v) is 8.32. The van der Waals surface area contributed by atoms with Gasteiger partial charge in [0.25, 0.3) is 5.91 Å². The zero-order valence-corrected chi connectivity index (χ0v) is 18.2. The number of hydrogen-bond acceptors (Lipinski definition) is 3. The van der Waals surface area contributed by atoms with Gasteiger partial charge in [-0.1, -0.05) is 29.8 Å². The molecule has 178 valence electrons. The van der Waals surface area contributed by atoms with Crippen molar-refractivity contribution in [1.82, 2.24) is 5.32 Å². The molecular formula is C22H12ClF6NO3S. The standard InChI is InChI=1S/C22H12ClF6NO3S/c23-16-4-2-1-3-15(16)18-6-5-14(34-18)10-17(20(32)33)30-19(31)11-7-12(21(24,25)26)9-13(8-11)22(27,28)29/h1-10H,(H,30,31)(H,32,33). The number of carboxylic acid groups (broad SMARTS) is 1. The van der Waals surface area contributed by atoms with Crippen molar-refractivity contribution in [3.8, 4) is 10.4 Å². The summed E-state index contributed by atoms with van der Waals surface area (Å²) in [4.78, 5) is 25.0. The number of carbonyl (C=O) groups is 2. The minimum absolute atomic E-state index is 0.132. The number of nitrogens with one attached hydrogen (secondary N) is 1. The molecule has 1 aromatic heterocycles. The van der Waals surface area contributed by atoms with Gasteiger partial charge in [0.1, 0.15) is 5.70 Å². The van der Waals surface area contributed by atoms with Crippen molar-refractivity contribution >= 4 is 40.9 Å². The van der Waals surface area contributed by atoms with Gasteiger partial charge in [-0.05, 0) is 42.5 Å². The number of halogens is 7. The number of thiophene rings is 1. The Morgan fingerprint density at radius 3 is 2.03 bits per heavy atom. The summed E-state index contributed by atoms with van der Waals surface area (Å²) < 4.78 is 78.2. The van der Waals surface area contributed by atoms with Gasteiger partial charge in [0.05, 0.1) is 11.1 Å². The summed E-state index contributed by atoms with van der Waals surface area (Å²) >= 11 is 7.24. The molecule has 0 radical (unpaired) electrons. The van der Waals surface area contributed by atoms with E-state index in [1.165, 1.54) is 6.07 Å². The average molecular weight is 520 g/mol. The molecule has 2 aromatic carbocycles. The lowest BCUT2D eigenvalue weighted by molar-refractivity contribution is -0.143. The number of hydrogen-bond donors (Lipinski definition) is 2. The first-order valence-electron chi connectivity index (χ1n) is 9.16. The molecule has 12 heteroatoms. The van der Waals surface area contributed by atoms with Crippen LogP contribution in [-0.4, -0.2) is 17.0 Å². The predicted molar refractivity (Wildman–Crippen MR) is 114 cm³/mol. The van der Waals surface area contributed by atoms with Gasteiger partial charge in [0.2, 0.25) is 0 Å². The van der Waals surface area contributed by atoms with E-state index in [0.717, 1.165) is 17.4 Å². The van der Waals surface area contributed by atoms with Crippen LogP contribution < -0.4 is 5.32 Å². The molecule has 3 rings (SSSR count). The van der Waals surface area contributed by atoms with Crippen LogP contribution in [0.2, 0.25) is 5.02 Å². The number of benzene rings is 2. The molecule has 0 saturated heterocycles. The Hall–Kier alpha value is -3.31. The zero-order valence-electron chi connectivity index (χ0n) is 16.6. The fraction of sp³-hybridized carbons (Fsp3) is 0.0909. The summed E-state index contributed by atoms with van der Waals surface area (Å²) in [6, 6.07) is 10.3. The minimum Gasteiger partial charge on any atom is -0.477 e.